The van der Waals surface area contributed by atoms with Crippen LogP contribution in [0, 0.1) is 0 Å². The van der Waals surface area contributed by atoms with Crippen LogP contribution in [-0.2, 0) is 6.42 Å². The van der Waals surface area contributed by atoms with E-state index in [9.17, 15) is 9.59 Å². The van der Waals surface area contributed by atoms with Crippen molar-refractivity contribution in [2.75, 3.05) is 5.32 Å². The van der Waals surface area contributed by atoms with Gasteiger partial charge in [0.15, 0.2) is 5.69 Å². The zero-order chi connectivity index (χ0) is 24.5. The molecule has 0 bridgehead atoms. The fourth-order valence-corrected chi connectivity index (χ4v) is 4.65. The van der Waals surface area contributed by atoms with Crippen molar-refractivity contribution >= 4 is 29.2 Å². The molecule has 6 nitrogen and oxygen atoms in total. The van der Waals surface area contributed by atoms with E-state index in [2.05, 4.69) is 28.8 Å². The lowest BCUT2D eigenvalue weighted by Crippen LogP contribution is -2.25. The summed E-state index contributed by atoms with van der Waals surface area (Å²) in [4.78, 5) is 25.9. The molecule has 0 spiro atoms. The number of allylic oxidation sites excluding steroid dienone is 1. The first kappa shape index (κ1) is 22.0. The van der Waals surface area contributed by atoms with Gasteiger partial charge in [0.05, 0.1) is 11.4 Å². The second-order valence-electron chi connectivity index (χ2n) is 9.29. The van der Waals surface area contributed by atoms with Crippen molar-refractivity contribution in [1.29, 1.82) is 0 Å². The number of amides is 2. The van der Waals surface area contributed by atoms with Crippen molar-refractivity contribution < 1.29 is 9.59 Å². The Bertz CT molecular complexity index is 1470. The molecule has 0 radical (unpaired) electrons. The maximum Gasteiger partial charge on any atom is 0.276 e. The van der Waals surface area contributed by atoms with E-state index >= 15 is 0 Å². The third-order valence-corrected chi connectivity index (χ3v) is 6.58. The molecule has 2 amide bonds. The number of hydrogen-bond donors (Lipinski definition) is 2. The summed E-state index contributed by atoms with van der Waals surface area (Å²) >= 11 is 0. The summed E-state index contributed by atoms with van der Waals surface area (Å²) in [6.07, 6.45) is 5.81. The van der Waals surface area contributed by atoms with Gasteiger partial charge in [0.2, 0.25) is 0 Å². The predicted molar refractivity (Wildman–Crippen MR) is 141 cm³/mol. The Morgan fingerprint density at radius 3 is 2.36 bits per heavy atom. The fraction of sp³-hybridized carbons (Fsp3) is 0.167. The van der Waals surface area contributed by atoms with E-state index < -0.39 is 0 Å². The predicted octanol–water partition coefficient (Wildman–Crippen LogP) is 5.50. The lowest BCUT2D eigenvalue weighted by atomic mass is 10.1. The van der Waals surface area contributed by atoms with Crippen molar-refractivity contribution in [3.05, 3.63) is 113 Å². The Labute approximate surface area is 209 Å². The van der Waals surface area contributed by atoms with Crippen LogP contribution in [0.4, 0.5) is 5.69 Å². The normalized spacial score (nSPS) is 15.5. The summed E-state index contributed by atoms with van der Waals surface area (Å²) < 4.78 is 1.88. The van der Waals surface area contributed by atoms with Gasteiger partial charge in [-0.2, -0.15) is 5.10 Å². The molecule has 6 heteroatoms. The van der Waals surface area contributed by atoms with E-state index in [0.717, 1.165) is 53.8 Å². The van der Waals surface area contributed by atoms with Crippen LogP contribution in [-0.4, -0.2) is 27.6 Å². The lowest BCUT2D eigenvalue weighted by molar-refractivity contribution is 0.0949. The highest BCUT2D eigenvalue weighted by atomic mass is 16.2. The van der Waals surface area contributed by atoms with Crippen LogP contribution in [0.1, 0.15) is 56.9 Å². The third kappa shape index (κ3) is 4.45. The van der Waals surface area contributed by atoms with Crippen LogP contribution in [0.3, 0.4) is 0 Å². The number of para-hydroxylation sites is 1. The molecule has 2 N–H and O–H groups in total. The zero-order valence-corrected chi connectivity index (χ0v) is 19.8. The van der Waals surface area contributed by atoms with E-state index in [1.54, 1.807) is 24.3 Å². The van der Waals surface area contributed by atoms with E-state index in [1.807, 2.05) is 53.2 Å². The minimum atomic E-state index is -0.276. The SMILES string of the molecule is O=C(NC1CC1)c1cccc(NC(=O)c2nn(-c3ccccc3)c3c2CCC3=Cc2ccccc2)c1. The highest BCUT2D eigenvalue weighted by Gasteiger charge is 2.30. The zero-order valence-electron chi connectivity index (χ0n) is 19.8. The Balaban J connectivity index is 1.34. The maximum atomic E-state index is 13.4. The number of fused-ring (bicyclic) bond motifs is 1. The number of nitrogens with one attached hydrogen (secondary N) is 2. The van der Waals surface area contributed by atoms with Gasteiger partial charge in [-0.05, 0) is 73.2 Å². The van der Waals surface area contributed by atoms with Crippen LogP contribution in [0.5, 0.6) is 0 Å². The van der Waals surface area contributed by atoms with Gasteiger partial charge in [-0.3, -0.25) is 9.59 Å². The molecular weight excluding hydrogens is 448 g/mol. The third-order valence-electron chi connectivity index (χ3n) is 6.58. The largest absolute Gasteiger partial charge is 0.349 e. The van der Waals surface area contributed by atoms with Crippen LogP contribution < -0.4 is 10.6 Å². The van der Waals surface area contributed by atoms with Gasteiger partial charge in [-0.15, -0.1) is 0 Å². The molecule has 2 aliphatic rings. The number of carbonyl (C=O) groups excluding carboxylic acids is 2. The maximum absolute atomic E-state index is 13.4. The smallest absolute Gasteiger partial charge is 0.276 e. The van der Waals surface area contributed by atoms with Gasteiger partial charge in [-0.25, -0.2) is 4.68 Å². The molecule has 1 heterocycles. The minimum absolute atomic E-state index is 0.112. The quantitative estimate of drug-likeness (QED) is 0.387. The molecule has 0 unspecified atom stereocenters. The van der Waals surface area contributed by atoms with Crippen LogP contribution in [0.25, 0.3) is 17.3 Å². The Hall–Kier alpha value is -4.45. The van der Waals surface area contributed by atoms with Crippen molar-refractivity contribution in [2.45, 2.75) is 31.7 Å². The molecule has 36 heavy (non-hydrogen) atoms. The summed E-state index contributed by atoms with van der Waals surface area (Å²) in [5.74, 6) is -0.389. The molecule has 1 aromatic heterocycles. The van der Waals surface area contributed by atoms with Gasteiger partial charge in [0, 0.05) is 22.9 Å². The van der Waals surface area contributed by atoms with Gasteiger partial charge in [0.1, 0.15) is 0 Å². The summed E-state index contributed by atoms with van der Waals surface area (Å²) in [6.45, 7) is 0. The van der Waals surface area contributed by atoms with E-state index in [1.165, 1.54) is 0 Å². The number of nitrogens with zero attached hydrogens (tertiary/aromatic N) is 2. The Morgan fingerprint density at radius 1 is 0.861 bits per heavy atom. The summed E-state index contributed by atoms with van der Waals surface area (Å²) in [6, 6.07) is 27.4. The van der Waals surface area contributed by atoms with Crippen molar-refractivity contribution in [3.8, 4) is 5.69 Å². The average molecular weight is 475 g/mol. The first-order valence-corrected chi connectivity index (χ1v) is 12.3. The van der Waals surface area contributed by atoms with Crippen molar-refractivity contribution in [1.82, 2.24) is 15.1 Å². The monoisotopic (exact) mass is 474 g/mol. The molecule has 6 rings (SSSR count). The highest BCUT2D eigenvalue weighted by molar-refractivity contribution is 6.06. The first-order valence-electron chi connectivity index (χ1n) is 12.3. The van der Waals surface area contributed by atoms with Crippen LogP contribution >= 0.6 is 0 Å². The fourth-order valence-electron chi connectivity index (χ4n) is 4.65. The van der Waals surface area contributed by atoms with Crippen LogP contribution in [0.15, 0.2) is 84.9 Å². The number of benzene rings is 3. The second-order valence-corrected chi connectivity index (χ2v) is 9.29. The molecule has 1 fully saturated rings. The molecular formula is C30H26N4O2. The molecule has 3 aromatic carbocycles. The number of rotatable bonds is 6. The van der Waals surface area contributed by atoms with E-state index in [0.29, 0.717) is 16.9 Å². The molecule has 0 aliphatic heterocycles. The number of anilines is 1. The molecule has 2 aliphatic carbocycles. The topological polar surface area (TPSA) is 76.0 Å². The Morgan fingerprint density at radius 2 is 1.61 bits per heavy atom. The van der Waals surface area contributed by atoms with Crippen molar-refractivity contribution in [2.24, 2.45) is 0 Å². The standard InChI is InChI=1S/C30H26N4O2/c35-29(31-23-15-16-23)22-10-7-11-24(19-22)32-30(36)27-26-17-14-21(18-20-8-3-1-4-9-20)28(26)34(33-27)25-12-5-2-6-13-25/h1-13,18-19,23H,14-17H2,(H,31,35)(H,32,36). The minimum Gasteiger partial charge on any atom is -0.349 e. The molecule has 1 saturated carbocycles. The Kier molecular flexibility index (Phi) is 5.70. The van der Waals surface area contributed by atoms with Gasteiger partial charge in [-0.1, -0.05) is 54.6 Å². The summed E-state index contributed by atoms with van der Waals surface area (Å²) in [5.41, 5.74) is 6.63. The molecule has 0 atom stereocenters. The van der Waals surface area contributed by atoms with Gasteiger partial charge in [0.25, 0.3) is 11.8 Å². The number of aromatic nitrogens is 2. The van der Waals surface area contributed by atoms with E-state index in [4.69, 9.17) is 5.10 Å². The summed E-state index contributed by atoms with van der Waals surface area (Å²) in [7, 11) is 0. The van der Waals surface area contributed by atoms with Crippen LogP contribution in [0.2, 0.25) is 0 Å². The van der Waals surface area contributed by atoms with Crippen molar-refractivity contribution in [3.63, 3.8) is 0 Å². The second kappa shape index (κ2) is 9.30. The molecule has 178 valence electrons. The van der Waals surface area contributed by atoms with E-state index in [-0.39, 0.29) is 17.9 Å². The highest BCUT2D eigenvalue weighted by Crippen LogP contribution is 2.37. The molecule has 4 aromatic rings. The molecule has 0 saturated heterocycles. The number of carbonyl (C=O) groups is 2. The summed E-state index contributed by atoms with van der Waals surface area (Å²) in [5, 5.41) is 10.7. The van der Waals surface area contributed by atoms with Gasteiger partial charge >= 0.3 is 0 Å². The number of hydrogen-bond acceptors (Lipinski definition) is 3. The average Bonchev–Trinajstić information content (AvgIpc) is 3.50. The first-order chi connectivity index (χ1) is 17.7. The lowest BCUT2D eigenvalue weighted by Gasteiger charge is -2.08. The van der Waals surface area contributed by atoms with Gasteiger partial charge < -0.3 is 10.6 Å².